The maximum Gasteiger partial charge on any atom is 0.151 e. The maximum absolute atomic E-state index is 6.08. The Bertz CT molecular complexity index is 750. The van der Waals surface area contributed by atoms with Crippen LogP contribution in [0.3, 0.4) is 0 Å². The summed E-state index contributed by atoms with van der Waals surface area (Å²) in [6.07, 6.45) is 6.37. The quantitative estimate of drug-likeness (QED) is 0.790. The lowest BCUT2D eigenvalue weighted by Crippen LogP contribution is -2.21. The fraction of sp³-hybridized carbons (Fsp3) is 0.556. The van der Waals surface area contributed by atoms with Crippen LogP contribution >= 0.6 is 0 Å². The summed E-state index contributed by atoms with van der Waals surface area (Å²) in [4.78, 5) is 11.4. The lowest BCUT2D eigenvalue weighted by atomic mass is 10.2. The summed E-state index contributed by atoms with van der Waals surface area (Å²) >= 11 is 0. The molecule has 0 saturated heterocycles. The van der Waals surface area contributed by atoms with E-state index in [1.807, 2.05) is 6.92 Å². The maximum atomic E-state index is 6.08. The Labute approximate surface area is 143 Å². The van der Waals surface area contributed by atoms with Gasteiger partial charge in [0, 0.05) is 31.7 Å². The van der Waals surface area contributed by atoms with Gasteiger partial charge in [-0.1, -0.05) is 13.0 Å². The number of aromatic nitrogens is 3. The summed E-state index contributed by atoms with van der Waals surface area (Å²) in [6.45, 7) is 10.5. The number of imidazole rings is 1. The van der Waals surface area contributed by atoms with Gasteiger partial charge in [0.2, 0.25) is 0 Å². The van der Waals surface area contributed by atoms with E-state index < -0.39 is 0 Å². The van der Waals surface area contributed by atoms with Crippen molar-refractivity contribution in [1.29, 1.82) is 0 Å². The van der Waals surface area contributed by atoms with Gasteiger partial charge in [-0.3, -0.25) is 0 Å². The Hall–Kier alpha value is -2.08. The van der Waals surface area contributed by atoms with Gasteiger partial charge in [0.15, 0.2) is 5.82 Å². The van der Waals surface area contributed by atoms with Crippen LogP contribution in [0.2, 0.25) is 0 Å². The number of nitrogens with zero attached hydrogens (tertiary/aromatic N) is 4. The number of nitrogens with two attached hydrogens (primary N) is 1. The zero-order chi connectivity index (χ0) is 17.1. The van der Waals surface area contributed by atoms with Crippen molar-refractivity contribution in [2.24, 2.45) is 0 Å². The average molecular weight is 329 g/mol. The van der Waals surface area contributed by atoms with Crippen LogP contribution in [0.4, 0.5) is 5.82 Å². The summed E-state index contributed by atoms with van der Waals surface area (Å²) < 4.78 is 8.09. The van der Waals surface area contributed by atoms with Crippen LogP contribution in [-0.4, -0.2) is 45.7 Å². The minimum atomic E-state index is 0.517. The molecule has 1 aliphatic rings. The highest BCUT2D eigenvalue weighted by Crippen LogP contribution is 2.26. The second-order valence-electron chi connectivity index (χ2n) is 6.26. The van der Waals surface area contributed by atoms with Gasteiger partial charge in [0.25, 0.3) is 0 Å². The predicted molar refractivity (Wildman–Crippen MR) is 96.9 cm³/mol. The molecule has 3 heterocycles. The summed E-state index contributed by atoms with van der Waals surface area (Å²) in [5.74, 6) is 1.56. The summed E-state index contributed by atoms with van der Waals surface area (Å²) in [5.41, 5.74) is 10.1. The van der Waals surface area contributed by atoms with E-state index in [-0.39, 0.29) is 0 Å². The molecule has 0 unspecified atom stereocenters. The monoisotopic (exact) mass is 329 g/mol. The van der Waals surface area contributed by atoms with Crippen molar-refractivity contribution < 1.29 is 4.74 Å². The lowest BCUT2D eigenvalue weighted by Gasteiger charge is -2.16. The number of fused-ring (bicyclic) bond motifs is 1. The average Bonchev–Trinajstić information content (AvgIpc) is 3.20. The fourth-order valence-electron chi connectivity index (χ4n) is 3.22. The number of anilines is 1. The van der Waals surface area contributed by atoms with Crippen molar-refractivity contribution in [3.05, 3.63) is 29.4 Å². The van der Waals surface area contributed by atoms with Crippen LogP contribution in [0.15, 0.2) is 12.3 Å². The topological polar surface area (TPSA) is 69.2 Å². The number of rotatable bonds is 7. The fourth-order valence-corrected chi connectivity index (χ4v) is 3.22. The predicted octanol–water partition coefficient (Wildman–Crippen LogP) is 2.43. The van der Waals surface area contributed by atoms with Gasteiger partial charge < -0.3 is 19.9 Å². The van der Waals surface area contributed by atoms with E-state index in [9.17, 15) is 0 Å². The number of aryl methyl sites for hydroxylation is 3. The highest BCUT2D eigenvalue weighted by molar-refractivity contribution is 5.88. The van der Waals surface area contributed by atoms with Crippen LogP contribution in [0.25, 0.3) is 11.0 Å². The Morgan fingerprint density at radius 3 is 2.71 bits per heavy atom. The Balaban J connectivity index is 1.70. The molecule has 0 fully saturated rings. The number of hydrogen-bond acceptors (Lipinski definition) is 5. The molecular weight excluding hydrogens is 302 g/mol. The largest absolute Gasteiger partial charge is 0.382 e. The molecule has 2 N–H and O–H groups in total. The molecule has 0 aliphatic carbocycles. The van der Waals surface area contributed by atoms with Crippen molar-refractivity contribution in [3.8, 4) is 0 Å². The first-order valence-corrected chi connectivity index (χ1v) is 8.72. The molecule has 0 spiro atoms. The van der Waals surface area contributed by atoms with Crippen molar-refractivity contribution >= 4 is 16.9 Å². The number of ether oxygens (including phenoxy) is 1. The van der Waals surface area contributed by atoms with Crippen LogP contribution < -0.4 is 5.73 Å². The smallest absolute Gasteiger partial charge is 0.151 e. The first-order chi connectivity index (χ1) is 11.6. The van der Waals surface area contributed by atoms with Crippen molar-refractivity contribution in [3.63, 3.8) is 0 Å². The number of nitrogen functional groups attached to an aromatic ring is 1. The van der Waals surface area contributed by atoms with E-state index in [2.05, 4.69) is 40.6 Å². The molecule has 2 aromatic rings. The molecular formula is C18H27N5O. The third-order valence-corrected chi connectivity index (χ3v) is 4.67. The van der Waals surface area contributed by atoms with Crippen LogP contribution in [0, 0.1) is 13.8 Å². The van der Waals surface area contributed by atoms with Gasteiger partial charge in [-0.2, -0.15) is 0 Å². The number of hydrogen-bond donors (Lipinski definition) is 1. The molecule has 6 nitrogen and oxygen atoms in total. The Morgan fingerprint density at radius 2 is 2.00 bits per heavy atom. The second-order valence-corrected chi connectivity index (χ2v) is 6.26. The van der Waals surface area contributed by atoms with E-state index in [1.165, 1.54) is 0 Å². The van der Waals surface area contributed by atoms with Crippen molar-refractivity contribution in [1.82, 2.24) is 19.4 Å². The molecule has 0 saturated carbocycles. The summed E-state index contributed by atoms with van der Waals surface area (Å²) in [5, 5.41) is 0. The zero-order valence-electron chi connectivity index (χ0n) is 14.9. The van der Waals surface area contributed by atoms with Gasteiger partial charge in [-0.05, 0) is 32.0 Å². The summed E-state index contributed by atoms with van der Waals surface area (Å²) in [7, 11) is 0. The Morgan fingerprint density at radius 1 is 1.21 bits per heavy atom. The van der Waals surface area contributed by atoms with E-state index in [0.29, 0.717) is 12.4 Å². The van der Waals surface area contributed by atoms with E-state index in [1.54, 1.807) is 0 Å². The molecule has 3 rings (SSSR count). The van der Waals surface area contributed by atoms with Crippen molar-refractivity contribution in [2.45, 2.75) is 40.2 Å². The Kier molecular flexibility index (Phi) is 5.04. The highest BCUT2D eigenvalue weighted by atomic mass is 16.5. The minimum Gasteiger partial charge on any atom is -0.382 e. The normalized spacial score (nSPS) is 14.2. The van der Waals surface area contributed by atoms with Gasteiger partial charge in [0.1, 0.15) is 11.3 Å². The van der Waals surface area contributed by atoms with Crippen LogP contribution in [-0.2, 0) is 17.7 Å². The SMILES string of the molecule is CCc1nc2c(N)nc(C)c(C)c2n1CCOCCN1C=CCC1. The molecule has 2 aromatic heterocycles. The number of pyridine rings is 1. The molecule has 130 valence electrons. The first-order valence-electron chi connectivity index (χ1n) is 8.72. The third kappa shape index (κ3) is 3.24. The molecule has 1 aliphatic heterocycles. The molecule has 0 bridgehead atoms. The standard InChI is InChI=1S/C18H27N5O/c1-4-15-21-16-17(13(2)14(3)20-18(16)19)23(15)10-12-24-11-9-22-7-5-6-8-22/h5,7H,4,6,8-12H2,1-3H3,(H2,19,20). The molecule has 0 radical (unpaired) electrons. The zero-order valence-corrected chi connectivity index (χ0v) is 14.9. The second kappa shape index (κ2) is 7.21. The van der Waals surface area contributed by atoms with Gasteiger partial charge >= 0.3 is 0 Å². The van der Waals surface area contributed by atoms with Gasteiger partial charge in [-0.15, -0.1) is 0 Å². The summed E-state index contributed by atoms with van der Waals surface area (Å²) in [6, 6.07) is 0. The first kappa shape index (κ1) is 16.8. The molecule has 6 heteroatoms. The van der Waals surface area contributed by atoms with Gasteiger partial charge in [0.05, 0.1) is 18.7 Å². The van der Waals surface area contributed by atoms with Gasteiger partial charge in [-0.25, -0.2) is 9.97 Å². The van der Waals surface area contributed by atoms with E-state index in [4.69, 9.17) is 15.5 Å². The van der Waals surface area contributed by atoms with Crippen molar-refractivity contribution in [2.75, 3.05) is 32.0 Å². The lowest BCUT2D eigenvalue weighted by molar-refractivity contribution is 0.112. The third-order valence-electron chi connectivity index (χ3n) is 4.67. The minimum absolute atomic E-state index is 0.517. The molecule has 0 amide bonds. The van der Waals surface area contributed by atoms with E-state index in [0.717, 1.165) is 67.2 Å². The van der Waals surface area contributed by atoms with Crippen LogP contribution in [0.1, 0.15) is 30.4 Å². The van der Waals surface area contributed by atoms with E-state index >= 15 is 0 Å². The molecule has 0 atom stereocenters. The molecule has 24 heavy (non-hydrogen) atoms. The van der Waals surface area contributed by atoms with Crippen LogP contribution in [0.5, 0.6) is 0 Å². The molecule has 0 aromatic carbocycles. The highest BCUT2D eigenvalue weighted by Gasteiger charge is 2.16.